The highest BCUT2D eigenvalue weighted by molar-refractivity contribution is 7.60. The molecule has 10 aliphatic rings. The van der Waals surface area contributed by atoms with Crippen LogP contribution in [0.1, 0.15) is 154 Å². The Morgan fingerprint density at radius 2 is 1.11 bits per heavy atom. The molecule has 8 bridgehead atoms. The van der Waals surface area contributed by atoms with E-state index in [-0.39, 0.29) is 13.1 Å². The van der Waals surface area contributed by atoms with Crippen molar-refractivity contribution < 1.29 is 0 Å². The van der Waals surface area contributed by atoms with Gasteiger partial charge < -0.3 is 10.6 Å². The molecule has 2 heterocycles. The van der Waals surface area contributed by atoms with Crippen molar-refractivity contribution in [1.29, 1.82) is 0 Å². The van der Waals surface area contributed by atoms with Crippen molar-refractivity contribution in [3.8, 4) is 0 Å². The fourth-order valence-electron chi connectivity index (χ4n) is 16.6. The van der Waals surface area contributed by atoms with Gasteiger partial charge in [0.1, 0.15) is 0 Å². The van der Waals surface area contributed by atoms with Crippen LogP contribution in [0.25, 0.3) is 0 Å². The number of hydrogen-bond donors (Lipinski definition) is 2. The van der Waals surface area contributed by atoms with Crippen molar-refractivity contribution in [2.45, 2.75) is 177 Å². The molecule has 1 aromatic carbocycles. The van der Waals surface area contributed by atoms with Gasteiger partial charge in [0, 0.05) is 17.2 Å². The van der Waals surface area contributed by atoms with Gasteiger partial charge in [-0.2, -0.15) is 0 Å². The average Bonchev–Trinajstić information content (AvgIpc) is 2.97. The Labute approximate surface area is 285 Å². The van der Waals surface area contributed by atoms with Crippen LogP contribution in [-0.2, 0) is 11.3 Å². The molecule has 254 valence electrons. The summed E-state index contributed by atoms with van der Waals surface area (Å²) in [6.07, 6.45) is 28.0. The highest BCUT2D eigenvalue weighted by atomic mass is 31.1. The van der Waals surface area contributed by atoms with Gasteiger partial charge in [0.2, 0.25) is 0 Å². The molecule has 7 atom stereocenters. The van der Waals surface area contributed by atoms with Crippen molar-refractivity contribution in [3.05, 3.63) is 35.4 Å². The standard InChI is InChI=1S/C42H66N2P2/c1-36-17-30-18-37(2,24-36)27-40(21-30,26-36)46(41-22-31-19-38(3,28-41)25-39(4,20-31)29-41)23-32-11-5-6-12-33(32)42(45,34-13-7-9-15-43-34)35-14-8-10-16-44-35/h5-6,11-12,30-31,34-35,43-44H,7-10,13-29,45H2,1-4H3. The van der Waals surface area contributed by atoms with E-state index in [1.165, 1.54) is 96.3 Å². The molecule has 7 unspecified atom stereocenters. The highest BCUT2D eigenvalue weighted by Crippen LogP contribution is 2.84. The SMILES string of the molecule is CC12CC3CC(C)(C1)CC(P(Cc1ccccc1C(P)(C1CCCCN1)C1CCCCN1)C14CC5CC(C)(CC(C)(C5)C1)C4)(C3)C2. The molecule has 2 N–H and O–H groups in total. The molecule has 46 heavy (non-hydrogen) atoms. The molecule has 4 heteroatoms. The van der Waals surface area contributed by atoms with Crippen molar-refractivity contribution in [2.75, 3.05) is 13.1 Å². The highest BCUT2D eigenvalue weighted by Gasteiger charge is 2.69. The van der Waals surface area contributed by atoms with Gasteiger partial charge in [-0.1, -0.05) is 72.7 Å². The first-order valence-corrected chi connectivity index (χ1v) is 22.1. The zero-order chi connectivity index (χ0) is 31.6. The minimum absolute atomic E-state index is 0.0668. The van der Waals surface area contributed by atoms with Crippen LogP contribution in [0.5, 0.6) is 0 Å². The first kappa shape index (κ1) is 31.9. The Morgan fingerprint density at radius 1 is 0.652 bits per heavy atom. The van der Waals surface area contributed by atoms with Crippen LogP contribution in [0.15, 0.2) is 24.3 Å². The Balaban J connectivity index is 1.18. The van der Waals surface area contributed by atoms with Crippen molar-refractivity contribution in [1.82, 2.24) is 10.6 Å². The molecule has 0 spiro atoms. The lowest BCUT2D eigenvalue weighted by atomic mass is 9.44. The second-order valence-electron chi connectivity index (χ2n) is 20.9. The first-order valence-electron chi connectivity index (χ1n) is 20.0. The summed E-state index contributed by atoms with van der Waals surface area (Å²) in [6, 6.07) is 11.2. The lowest BCUT2D eigenvalue weighted by Crippen LogP contribution is -2.63. The van der Waals surface area contributed by atoms with E-state index in [4.69, 9.17) is 0 Å². The normalized spacial score (nSPS) is 51.2. The molecule has 11 rings (SSSR count). The van der Waals surface area contributed by atoms with Gasteiger partial charge in [-0.15, -0.1) is 9.24 Å². The van der Waals surface area contributed by atoms with E-state index in [1.807, 2.05) is 0 Å². The van der Waals surface area contributed by atoms with Crippen LogP contribution in [0.4, 0.5) is 0 Å². The topological polar surface area (TPSA) is 24.1 Å². The van der Waals surface area contributed by atoms with Crippen LogP contribution in [0, 0.1) is 33.5 Å². The smallest absolute Gasteiger partial charge is 0.0405 e. The number of hydrogen-bond acceptors (Lipinski definition) is 2. The van der Waals surface area contributed by atoms with E-state index in [2.05, 4.69) is 71.8 Å². The number of nitrogens with one attached hydrogen (secondary N) is 2. The summed E-state index contributed by atoms with van der Waals surface area (Å²) >= 11 is 0. The lowest BCUT2D eigenvalue weighted by Gasteiger charge is -2.73. The quantitative estimate of drug-likeness (QED) is 0.285. The lowest BCUT2D eigenvalue weighted by molar-refractivity contribution is -0.0922. The molecule has 0 radical (unpaired) electrons. The second kappa shape index (κ2) is 10.8. The summed E-state index contributed by atoms with van der Waals surface area (Å²) < 4.78 is 0. The minimum Gasteiger partial charge on any atom is -0.313 e. The van der Waals surface area contributed by atoms with Gasteiger partial charge in [-0.25, -0.2) is 0 Å². The van der Waals surface area contributed by atoms with E-state index in [0.29, 0.717) is 44.1 Å². The van der Waals surface area contributed by atoms with Crippen LogP contribution in [-0.4, -0.2) is 35.5 Å². The molecule has 8 aliphatic carbocycles. The average molecular weight is 661 g/mol. The van der Waals surface area contributed by atoms with Crippen molar-refractivity contribution >= 4 is 17.2 Å². The van der Waals surface area contributed by atoms with Gasteiger partial charge in [0.05, 0.1) is 0 Å². The molecule has 0 amide bonds. The number of rotatable bonds is 7. The number of piperidine rings is 2. The Hall–Kier alpha value is -0.0000000000000000416. The van der Waals surface area contributed by atoms with E-state index >= 15 is 0 Å². The summed E-state index contributed by atoms with van der Waals surface area (Å²) in [5, 5.41) is 9.50. The van der Waals surface area contributed by atoms with Gasteiger partial charge in [0.25, 0.3) is 0 Å². The maximum atomic E-state index is 4.12. The van der Waals surface area contributed by atoms with Crippen LogP contribution in [0.3, 0.4) is 0 Å². The van der Waals surface area contributed by atoms with E-state index in [1.54, 1.807) is 49.7 Å². The second-order valence-corrected chi connectivity index (χ2v) is 24.9. The summed E-state index contributed by atoms with van der Waals surface area (Å²) in [5.74, 6) is 1.98. The fraction of sp³-hybridized carbons (Fsp3) is 0.857. The Morgan fingerprint density at radius 3 is 1.52 bits per heavy atom. The van der Waals surface area contributed by atoms with E-state index in [9.17, 15) is 0 Å². The third kappa shape index (κ3) is 5.04. The molecule has 10 fully saturated rings. The maximum absolute atomic E-state index is 4.12. The zero-order valence-electron chi connectivity index (χ0n) is 30.0. The molecular formula is C42H66N2P2. The van der Waals surface area contributed by atoms with Gasteiger partial charge in [-0.05, 0) is 177 Å². The van der Waals surface area contributed by atoms with E-state index < -0.39 is 0 Å². The van der Waals surface area contributed by atoms with Crippen molar-refractivity contribution in [3.63, 3.8) is 0 Å². The Bertz CT molecular complexity index is 1230. The minimum atomic E-state index is -0.161. The molecule has 1 aromatic rings. The molecule has 2 aliphatic heterocycles. The Kier molecular flexibility index (Phi) is 7.47. The van der Waals surface area contributed by atoms with Gasteiger partial charge >= 0.3 is 0 Å². The summed E-state index contributed by atoms with van der Waals surface area (Å²) in [7, 11) is 3.43. The van der Waals surface area contributed by atoms with Gasteiger partial charge in [-0.3, -0.25) is 0 Å². The number of benzene rings is 1. The summed E-state index contributed by atoms with van der Waals surface area (Å²) in [6.45, 7) is 13.4. The monoisotopic (exact) mass is 660 g/mol. The molecular weight excluding hydrogens is 594 g/mol. The van der Waals surface area contributed by atoms with Crippen LogP contribution in [0.2, 0.25) is 0 Å². The zero-order valence-corrected chi connectivity index (χ0v) is 32.0. The predicted octanol–water partition coefficient (Wildman–Crippen LogP) is 10.5. The summed E-state index contributed by atoms with van der Waals surface area (Å²) in [4.78, 5) is 0. The van der Waals surface area contributed by atoms with Crippen LogP contribution >= 0.6 is 17.2 Å². The van der Waals surface area contributed by atoms with E-state index in [0.717, 1.165) is 11.8 Å². The largest absolute Gasteiger partial charge is 0.313 e. The third-order valence-electron chi connectivity index (χ3n) is 15.9. The molecule has 2 saturated heterocycles. The molecule has 8 saturated carbocycles. The third-order valence-corrected chi connectivity index (χ3v) is 21.0. The van der Waals surface area contributed by atoms with Crippen LogP contribution < -0.4 is 10.6 Å². The first-order chi connectivity index (χ1) is 21.9. The maximum Gasteiger partial charge on any atom is 0.0405 e. The van der Waals surface area contributed by atoms with Gasteiger partial charge in [0.15, 0.2) is 0 Å². The van der Waals surface area contributed by atoms with Crippen molar-refractivity contribution in [2.24, 2.45) is 33.5 Å². The molecule has 2 nitrogen and oxygen atoms in total. The summed E-state index contributed by atoms with van der Waals surface area (Å²) in [5.41, 5.74) is 5.83. The predicted molar refractivity (Wildman–Crippen MR) is 200 cm³/mol. The fourth-order valence-corrected chi connectivity index (χ4v) is 23.0. The molecule has 0 aromatic heterocycles.